The molecule has 0 aliphatic rings. The summed E-state index contributed by atoms with van der Waals surface area (Å²) in [6.07, 6.45) is 8.80. The van der Waals surface area contributed by atoms with Gasteiger partial charge in [0.15, 0.2) is 5.12 Å². The molecule has 0 aromatic rings. The van der Waals surface area contributed by atoms with E-state index in [9.17, 15) is 9.59 Å². The number of carboxylic acid groups (broad SMARTS) is 1. The first-order valence-corrected chi connectivity index (χ1v) is 7.02. The van der Waals surface area contributed by atoms with Gasteiger partial charge in [0.1, 0.15) is 0 Å². The molecule has 0 aliphatic heterocycles. The van der Waals surface area contributed by atoms with Gasteiger partial charge in [0.05, 0.1) is 5.75 Å². The molecule has 0 saturated heterocycles. The Morgan fingerprint density at radius 3 is 2.12 bits per heavy atom. The van der Waals surface area contributed by atoms with Crippen LogP contribution < -0.4 is 0 Å². The highest BCUT2D eigenvalue weighted by atomic mass is 32.2. The van der Waals surface area contributed by atoms with Crippen molar-refractivity contribution in [2.24, 2.45) is 0 Å². The third-order valence-electron chi connectivity index (χ3n) is 2.34. The van der Waals surface area contributed by atoms with Crippen molar-refractivity contribution in [3.8, 4) is 0 Å². The zero-order chi connectivity index (χ0) is 12.2. The lowest BCUT2D eigenvalue weighted by Crippen LogP contribution is -2.02. The van der Waals surface area contributed by atoms with E-state index in [0.29, 0.717) is 6.42 Å². The Bertz CT molecular complexity index is 204. The number of hydrogen-bond donors (Lipinski definition) is 1. The molecule has 0 unspecified atom stereocenters. The van der Waals surface area contributed by atoms with Crippen LogP contribution in [0.1, 0.15) is 58.3 Å². The molecular weight excluding hydrogens is 224 g/mol. The molecule has 1 N–H and O–H groups in total. The summed E-state index contributed by atoms with van der Waals surface area (Å²) in [6.45, 7) is 2.19. The Labute approximate surface area is 102 Å². The molecule has 94 valence electrons. The number of unbranched alkanes of at least 4 members (excludes halogenated alkanes) is 6. The molecule has 0 atom stereocenters. The molecular formula is C12H22O3S. The Morgan fingerprint density at radius 1 is 1.00 bits per heavy atom. The third-order valence-corrected chi connectivity index (χ3v) is 3.26. The highest BCUT2D eigenvalue weighted by Gasteiger charge is 2.05. The summed E-state index contributed by atoms with van der Waals surface area (Å²) < 4.78 is 0. The summed E-state index contributed by atoms with van der Waals surface area (Å²) in [5.41, 5.74) is 0. The first kappa shape index (κ1) is 15.5. The summed E-state index contributed by atoms with van der Waals surface area (Å²) in [4.78, 5) is 21.4. The quantitative estimate of drug-likeness (QED) is 0.600. The van der Waals surface area contributed by atoms with Crippen LogP contribution in [0.3, 0.4) is 0 Å². The molecule has 0 aromatic carbocycles. The van der Waals surface area contributed by atoms with Crippen LogP contribution >= 0.6 is 11.8 Å². The van der Waals surface area contributed by atoms with E-state index >= 15 is 0 Å². The van der Waals surface area contributed by atoms with Crippen molar-refractivity contribution >= 4 is 22.8 Å². The fraction of sp³-hybridized carbons (Fsp3) is 0.833. The first-order chi connectivity index (χ1) is 7.66. The van der Waals surface area contributed by atoms with Gasteiger partial charge >= 0.3 is 5.97 Å². The minimum Gasteiger partial charge on any atom is -0.481 e. The van der Waals surface area contributed by atoms with Crippen molar-refractivity contribution in [3.05, 3.63) is 0 Å². The topological polar surface area (TPSA) is 54.4 Å². The average Bonchev–Trinajstić information content (AvgIpc) is 2.25. The fourth-order valence-corrected chi connectivity index (χ4v) is 2.01. The van der Waals surface area contributed by atoms with Crippen molar-refractivity contribution in [2.75, 3.05) is 5.75 Å². The fourth-order valence-electron chi connectivity index (χ4n) is 1.44. The molecule has 0 heterocycles. The maximum atomic E-state index is 11.2. The second kappa shape index (κ2) is 11.0. The molecule has 16 heavy (non-hydrogen) atoms. The number of carbonyl (C=O) groups is 2. The van der Waals surface area contributed by atoms with Gasteiger partial charge in [-0.1, -0.05) is 57.2 Å². The summed E-state index contributed by atoms with van der Waals surface area (Å²) >= 11 is 0.918. The monoisotopic (exact) mass is 246 g/mol. The van der Waals surface area contributed by atoms with E-state index < -0.39 is 5.97 Å². The van der Waals surface area contributed by atoms with Crippen LogP contribution in [0.5, 0.6) is 0 Å². The van der Waals surface area contributed by atoms with Gasteiger partial charge in [-0.25, -0.2) is 0 Å². The Morgan fingerprint density at radius 2 is 1.56 bits per heavy atom. The zero-order valence-corrected chi connectivity index (χ0v) is 10.9. The van der Waals surface area contributed by atoms with E-state index in [1.54, 1.807) is 0 Å². The van der Waals surface area contributed by atoms with Crippen molar-refractivity contribution < 1.29 is 14.7 Å². The van der Waals surface area contributed by atoms with Gasteiger partial charge in [0, 0.05) is 6.42 Å². The van der Waals surface area contributed by atoms with Gasteiger partial charge in [-0.2, -0.15) is 0 Å². The summed E-state index contributed by atoms with van der Waals surface area (Å²) in [6, 6.07) is 0. The minimum absolute atomic E-state index is 0.0101. The van der Waals surface area contributed by atoms with E-state index in [4.69, 9.17) is 5.11 Å². The number of carboxylic acids is 1. The normalized spacial score (nSPS) is 10.3. The van der Waals surface area contributed by atoms with Crippen LogP contribution in [-0.2, 0) is 9.59 Å². The third kappa shape index (κ3) is 11.6. The summed E-state index contributed by atoms with van der Waals surface area (Å²) in [5.74, 6) is -1.02. The molecule has 0 aromatic heterocycles. The van der Waals surface area contributed by atoms with Gasteiger partial charge < -0.3 is 5.11 Å². The predicted octanol–water partition coefficient (Wildman–Crippen LogP) is 3.47. The average molecular weight is 246 g/mol. The Balaban J connectivity index is 3.18. The standard InChI is InChI=1S/C12H22O3S/c1-2-3-4-5-6-7-8-9-12(15)16-10-11(13)14/h2-10H2,1H3,(H,13,14). The minimum atomic E-state index is -0.919. The number of rotatable bonds is 10. The van der Waals surface area contributed by atoms with Crippen LogP contribution in [0.15, 0.2) is 0 Å². The van der Waals surface area contributed by atoms with E-state index in [1.165, 1.54) is 32.1 Å². The molecule has 0 bridgehead atoms. The molecule has 0 amide bonds. The largest absolute Gasteiger partial charge is 0.481 e. The second-order valence-electron chi connectivity index (χ2n) is 3.93. The molecule has 0 fully saturated rings. The Hall–Kier alpha value is -0.510. The molecule has 0 radical (unpaired) electrons. The molecule has 0 saturated carbocycles. The number of thioether (sulfide) groups is 1. The smallest absolute Gasteiger partial charge is 0.313 e. The number of aliphatic carboxylic acids is 1. The van der Waals surface area contributed by atoms with Crippen LogP contribution in [0.2, 0.25) is 0 Å². The van der Waals surface area contributed by atoms with Crippen LogP contribution in [0, 0.1) is 0 Å². The molecule has 3 nitrogen and oxygen atoms in total. The summed E-state index contributed by atoms with van der Waals surface area (Å²) in [7, 11) is 0. The van der Waals surface area contributed by atoms with E-state index in [-0.39, 0.29) is 10.9 Å². The van der Waals surface area contributed by atoms with E-state index in [2.05, 4.69) is 6.92 Å². The molecule has 4 heteroatoms. The maximum absolute atomic E-state index is 11.2. The Kier molecular flexibility index (Phi) is 10.6. The van der Waals surface area contributed by atoms with Crippen molar-refractivity contribution in [1.29, 1.82) is 0 Å². The van der Waals surface area contributed by atoms with Gasteiger partial charge in [0.25, 0.3) is 0 Å². The lowest BCUT2D eigenvalue weighted by molar-refractivity contribution is -0.134. The van der Waals surface area contributed by atoms with Crippen LogP contribution in [-0.4, -0.2) is 21.9 Å². The maximum Gasteiger partial charge on any atom is 0.313 e. The summed E-state index contributed by atoms with van der Waals surface area (Å²) in [5, 5.41) is 8.39. The highest BCUT2D eigenvalue weighted by molar-refractivity contribution is 8.14. The van der Waals surface area contributed by atoms with E-state index in [0.717, 1.165) is 24.6 Å². The second-order valence-corrected chi connectivity index (χ2v) is 4.96. The predicted molar refractivity (Wildman–Crippen MR) is 67.7 cm³/mol. The highest BCUT2D eigenvalue weighted by Crippen LogP contribution is 2.12. The van der Waals surface area contributed by atoms with Crippen LogP contribution in [0.25, 0.3) is 0 Å². The van der Waals surface area contributed by atoms with Crippen molar-refractivity contribution in [3.63, 3.8) is 0 Å². The molecule has 0 aliphatic carbocycles. The van der Waals surface area contributed by atoms with Gasteiger partial charge in [-0.05, 0) is 6.42 Å². The number of carbonyl (C=O) groups excluding carboxylic acids is 1. The van der Waals surface area contributed by atoms with Crippen molar-refractivity contribution in [2.45, 2.75) is 58.3 Å². The lowest BCUT2D eigenvalue weighted by atomic mass is 10.1. The SMILES string of the molecule is CCCCCCCCCC(=O)SCC(=O)O. The number of hydrogen-bond acceptors (Lipinski definition) is 3. The molecule has 0 spiro atoms. The van der Waals surface area contributed by atoms with Crippen LogP contribution in [0.4, 0.5) is 0 Å². The van der Waals surface area contributed by atoms with Crippen molar-refractivity contribution in [1.82, 2.24) is 0 Å². The van der Waals surface area contributed by atoms with Gasteiger partial charge in [0.2, 0.25) is 0 Å². The van der Waals surface area contributed by atoms with Gasteiger partial charge in [-0.3, -0.25) is 9.59 Å². The first-order valence-electron chi connectivity index (χ1n) is 6.04. The van der Waals surface area contributed by atoms with E-state index in [1.807, 2.05) is 0 Å². The molecule has 0 rings (SSSR count). The van der Waals surface area contributed by atoms with Gasteiger partial charge in [-0.15, -0.1) is 0 Å². The zero-order valence-electron chi connectivity index (χ0n) is 10.0. The lowest BCUT2D eigenvalue weighted by Gasteiger charge is -2.00.